The largest absolute Gasteiger partial charge is 0.309 e. The lowest BCUT2D eigenvalue weighted by Gasteiger charge is -2.31. The topological polar surface area (TPSA) is 3.24 Å². The average molecular weight is 802 g/mol. The van der Waals surface area contributed by atoms with Gasteiger partial charge in [0.25, 0.3) is 0 Å². The van der Waals surface area contributed by atoms with Crippen LogP contribution < -0.4 is 4.90 Å². The molecule has 0 saturated carbocycles. The van der Waals surface area contributed by atoms with Gasteiger partial charge in [-0.05, 0) is 101 Å². The summed E-state index contributed by atoms with van der Waals surface area (Å²) in [5, 5.41) is 4.97. The monoisotopic (exact) mass is 801 g/mol. The van der Waals surface area contributed by atoms with Crippen molar-refractivity contribution in [3.63, 3.8) is 0 Å². The van der Waals surface area contributed by atoms with E-state index in [4.69, 9.17) is 0 Å². The summed E-state index contributed by atoms with van der Waals surface area (Å²) in [6.07, 6.45) is 0. The van der Waals surface area contributed by atoms with E-state index >= 15 is 0 Å². The van der Waals surface area contributed by atoms with Crippen LogP contribution in [0.2, 0.25) is 0 Å². The molecule has 0 saturated heterocycles. The maximum absolute atomic E-state index is 2.47. The van der Waals surface area contributed by atoms with Crippen molar-refractivity contribution in [2.75, 3.05) is 4.90 Å². The van der Waals surface area contributed by atoms with Crippen molar-refractivity contribution in [2.24, 2.45) is 0 Å². The SMILES string of the molecule is c1ccc(-c2ccc(-c3ccccc3)c(N(c3ccc(-c4ccc(-c5cccc6ccccc56)cc4)cc3)c3ccccc3-c3cccc4cccc(-c5ccccc5)c34)c2)cc1. The molecule has 11 aromatic rings. The Bertz CT molecular complexity index is 3340. The third-order valence-electron chi connectivity index (χ3n) is 12.3. The fourth-order valence-electron chi connectivity index (χ4n) is 9.24. The molecule has 0 radical (unpaired) electrons. The highest BCUT2D eigenvalue weighted by molar-refractivity contribution is 6.09. The van der Waals surface area contributed by atoms with Crippen LogP contribution in [0, 0.1) is 0 Å². The first-order chi connectivity index (χ1) is 31.3. The maximum Gasteiger partial charge on any atom is 0.0546 e. The lowest BCUT2D eigenvalue weighted by molar-refractivity contribution is 1.28. The van der Waals surface area contributed by atoms with E-state index in [1.165, 1.54) is 66.1 Å². The molecule has 1 heteroatoms. The van der Waals surface area contributed by atoms with Gasteiger partial charge in [0.15, 0.2) is 0 Å². The predicted octanol–water partition coefficient (Wildman–Crippen LogP) is 17.5. The van der Waals surface area contributed by atoms with Gasteiger partial charge in [-0.25, -0.2) is 0 Å². The van der Waals surface area contributed by atoms with Crippen molar-refractivity contribution in [2.45, 2.75) is 0 Å². The van der Waals surface area contributed by atoms with Gasteiger partial charge < -0.3 is 4.90 Å². The Morgan fingerprint density at radius 2 is 0.667 bits per heavy atom. The quantitative estimate of drug-likeness (QED) is 0.141. The van der Waals surface area contributed by atoms with Gasteiger partial charge >= 0.3 is 0 Å². The molecule has 0 aliphatic heterocycles. The lowest BCUT2D eigenvalue weighted by atomic mass is 9.90. The molecule has 296 valence electrons. The second-order valence-corrected chi connectivity index (χ2v) is 16.0. The molecule has 0 heterocycles. The molecule has 0 unspecified atom stereocenters. The molecular weight excluding hydrogens is 759 g/mol. The van der Waals surface area contributed by atoms with Gasteiger partial charge in [-0.3, -0.25) is 0 Å². The number of hydrogen-bond donors (Lipinski definition) is 0. The summed E-state index contributed by atoms with van der Waals surface area (Å²) in [7, 11) is 0. The van der Waals surface area contributed by atoms with E-state index in [2.05, 4.69) is 266 Å². The zero-order valence-electron chi connectivity index (χ0n) is 34.8. The van der Waals surface area contributed by atoms with E-state index in [0.717, 1.165) is 39.3 Å². The van der Waals surface area contributed by atoms with Crippen LogP contribution in [0.3, 0.4) is 0 Å². The standard InChI is InChI=1S/C62H43N/c1-4-17-44(18-5-1)52-39-42-56(48-19-6-2-7-20-48)61(43-52)63(53-40-37-46(38-41-53)45-33-35-50(36-34-45)55-29-14-24-47-23-10-11-27-54(47)55)60-32-13-12-28-58(60)59-31-16-26-51-25-15-30-57(62(51)59)49-21-8-3-9-22-49/h1-43H. The Labute approximate surface area is 369 Å². The minimum absolute atomic E-state index is 1.07. The predicted molar refractivity (Wildman–Crippen MR) is 269 cm³/mol. The van der Waals surface area contributed by atoms with E-state index in [9.17, 15) is 0 Å². The Hall–Kier alpha value is -8.26. The molecule has 0 fully saturated rings. The fourth-order valence-corrected chi connectivity index (χ4v) is 9.24. The molecule has 11 rings (SSSR count). The Kier molecular flexibility index (Phi) is 9.97. The zero-order chi connectivity index (χ0) is 42.0. The molecule has 0 spiro atoms. The summed E-state index contributed by atoms with van der Waals surface area (Å²) in [6, 6.07) is 94.7. The van der Waals surface area contributed by atoms with Crippen LogP contribution in [0.5, 0.6) is 0 Å². The first-order valence-electron chi connectivity index (χ1n) is 21.7. The number of rotatable bonds is 9. The van der Waals surface area contributed by atoms with Gasteiger partial charge in [0, 0.05) is 16.8 Å². The van der Waals surface area contributed by atoms with Crippen LogP contribution in [0.15, 0.2) is 261 Å². The van der Waals surface area contributed by atoms with Crippen LogP contribution in [0.25, 0.3) is 88.3 Å². The molecule has 0 aromatic heterocycles. The Morgan fingerprint density at radius 3 is 1.37 bits per heavy atom. The highest BCUT2D eigenvalue weighted by atomic mass is 15.1. The van der Waals surface area contributed by atoms with Crippen LogP contribution in [-0.4, -0.2) is 0 Å². The van der Waals surface area contributed by atoms with Crippen LogP contribution in [0.1, 0.15) is 0 Å². The van der Waals surface area contributed by atoms with Gasteiger partial charge in [0.05, 0.1) is 11.4 Å². The van der Waals surface area contributed by atoms with E-state index in [0.29, 0.717) is 0 Å². The van der Waals surface area contributed by atoms with Gasteiger partial charge in [-0.2, -0.15) is 0 Å². The van der Waals surface area contributed by atoms with Crippen molar-refractivity contribution >= 4 is 38.6 Å². The normalized spacial score (nSPS) is 11.2. The van der Waals surface area contributed by atoms with Crippen molar-refractivity contribution in [3.8, 4) is 66.8 Å². The number of benzene rings is 11. The summed E-state index contributed by atoms with van der Waals surface area (Å²) in [4.78, 5) is 2.47. The summed E-state index contributed by atoms with van der Waals surface area (Å²) in [5.41, 5.74) is 17.5. The van der Waals surface area contributed by atoms with Crippen molar-refractivity contribution in [1.82, 2.24) is 0 Å². The second kappa shape index (κ2) is 16.7. The van der Waals surface area contributed by atoms with E-state index in [1.807, 2.05) is 0 Å². The summed E-state index contributed by atoms with van der Waals surface area (Å²) in [6.45, 7) is 0. The molecular formula is C62H43N. The van der Waals surface area contributed by atoms with Gasteiger partial charge in [0.2, 0.25) is 0 Å². The average Bonchev–Trinajstić information content (AvgIpc) is 3.37. The minimum atomic E-state index is 1.07. The fraction of sp³-hybridized carbons (Fsp3) is 0. The zero-order valence-corrected chi connectivity index (χ0v) is 34.8. The molecule has 0 bridgehead atoms. The number of hydrogen-bond acceptors (Lipinski definition) is 1. The van der Waals surface area contributed by atoms with E-state index in [1.54, 1.807) is 0 Å². The highest BCUT2D eigenvalue weighted by Crippen LogP contribution is 2.48. The molecule has 0 atom stereocenters. The van der Waals surface area contributed by atoms with Crippen molar-refractivity contribution < 1.29 is 0 Å². The third kappa shape index (κ3) is 7.26. The molecule has 11 aromatic carbocycles. The highest BCUT2D eigenvalue weighted by Gasteiger charge is 2.23. The summed E-state index contributed by atoms with van der Waals surface area (Å²) >= 11 is 0. The number of fused-ring (bicyclic) bond motifs is 2. The maximum atomic E-state index is 2.47. The molecule has 63 heavy (non-hydrogen) atoms. The summed E-state index contributed by atoms with van der Waals surface area (Å²) < 4.78 is 0. The number of nitrogens with zero attached hydrogens (tertiary/aromatic N) is 1. The first-order valence-corrected chi connectivity index (χ1v) is 21.7. The van der Waals surface area contributed by atoms with Crippen LogP contribution in [0.4, 0.5) is 17.1 Å². The lowest BCUT2D eigenvalue weighted by Crippen LogP contribution is -2.13. The molecule has 0 aliphatic rings. The van der Waals surface area contributed by atoms with Gasteiger partial charge in [-0.1, -0.05) is 237 Å². The van der Waals surface area contributed by atoms with E-state index in [-0.39, 0.29) is 0 Å². The second-order valence-electron chi connectivity index (χ2n) is 16.0. The smallest absolute Gasteiger partial charge is 0.0546 e. The molecule has 0 amide bonds. The van der Waals surface area contributed by atoms with Gasteiger partial charge in [0.1, 0.15) is 0 Å². The third-order valence-corrected chi connectivity index (χ3v) is 12.3. The Morgan fingerprint density at radius 1 is 0.222 bits per heavy atom. The molecule has 0 aliphatic carbocycles. The first kappa shape index (κ1) is 37.7. The van der Waals surface area contributed by atoms with Crippen LogP contribution >= 0.6 is 0 Å². The van der Waals surface area contributed by atoms with E-state index < -0.39 is 0 Å². The molecule has 0 N–H and O–H groups in total. The number of anilines is 3. The van der Waals surface area contributed by atoms with Gasteiger partial charge in [-0.15, -0.1) is 0 Å². The Balaban J connectivity index is 1.10. The molecule has 1 nitrogen and oxygen atoms in total. The summed E-state index contributed by atoms with van der Waals surface area (Å²) in [5.74, 6) is 0. The minimum Gasteiger partial charge on any atom is -0.309 e. The van der Waals surface area contributed by atoms with Crippen molar-refractivity contribution in [1.29, 1.82) is 0 Å². The van der Waals surface area contributed by atoms with Crippen LogP contribution in [-0.2, 0) is 0 Å². The van der Waals surface area contributed by atoms with Crippen molar-refractivity contribution in [3.05, 3.63) is 261 Å². The number of para-hydroxylation sites is 1.